The third-order valence-corrected chi connectivity index (χ3v) is 5.76. The molecule has 128 valence electrons. The lowest BCUT2D eigenvalue weighted by molar-refractivity contribution is 0.0698. The molecule has 8 heteroatoms. The lowest BCUT2D eigenvalue weighted by Crippen LogP contribution is -2.35. The van der Waals surface area contributed by atoms with Crippen LogP contribution in [0.3, 0.4) is 0 Å². The molecule has 2 aromatic heterocycles. The van der Waals surface area contributed by atoms with Crippen LogP contribution in [0.25, 0.3) is 0 Å². The summed E-state index contributed by atoms with van der Waals surface area (Å²) in [4.78, 5) is 26.9. The van der Waals surface area contributed by atoms with Crippen molar-refractivity contribution in [3.63, 3.8) is 0 Å². The second-order valence-corrected chi connectivity index (χ2v) is 7.19. The number of rotatable bonds is 4. The number of aromatic amines is 1. The lowest BCUT2D eigenvalue weighted by Gasteiger charge is -2.27. The van der Waals surface area contributed by atoms with Gasteiger partial charge < -0.3 is 9.32 Å². The van der Waals surface area contributed by atoms with E-state index in [1.54, 1.807) is 10.6 Å². The molecule has 2 unspecified atom stereocenters. The molecule has 1 aliphatic carbocycles. The van der Waals surface area contributed by atoms with Gasteiger partial charge in [0.05, 0.1) is 17.9 Å². The number of hydrogen-bond acceptors (Lipinski definition) is 4. The highest BCUT2D eigenvalue weighted by Crippen LogP contribution is 2.50. The van der Waals surface area contributed by atoms with Gasteiger partial charge in [0.15, 0.2) is 10.5 Å². The average Bonchev–Trinajstić information content (AvgIpc) is 3.01. The summed E-state index contributed by atoms with van der Waals surface area (Å²) in [6.45, 7) is 3.13. The first kappa shape index (κ1) is 15.7. The highest BCUT2D eigenvalue weighted by molar-refractivity contribution is 9.10. The van der Waals surface area contributed by atoms with Crippen LogP contribution in [0.4, 0.5) is 0 Å². The second kappa shape index (κ2) is 5.91. The molecule has 24 heavy (non-hydrogen) atoms. The highest BCUT2D eigenvalue weighted by atomic mass is 79.9. The van der Waals surface area contributed by atoms with Gasteiger partial charge in [-0.05, 0) is 60.0 Å². The van der Waals surface area contributed by atoms with Gasteiger partial charge in [0.1, 0.15) is 0 Å². The van der Waals surface area contributed by atoms with Gasteiger partial charge in [-0.2, -0.15) is 5.10 Å². The van der Waals surface area contributed by atoms with E-state index < -0.39 is 0 Å². The lowest BCUT2D eigenvalue weighted by atomic mass is 9.94. The molecule has 7 nitrogen and oxygen atoms in total. The third-order valence-electron chi connectivity index (χ3n) is 5.15. The van der Waals surface area contributed by atoms with E-state index in [2.05, 4.69) is 26.1 Å². The summed E-state index contributed by atoms with van der Waals surface area (Å²) in [7, 11) is 0. The first-order chi connectivity index (χ1) is 11.6. The minimum Gasteiger partial charge on any atom is -0.457 e. The zero-order valence-corrected chi connectivity index (χ0v) is 15.0. The Bertz CT molecular complexity index is 819. The molecule has 1 amide bonds. The zero-order chi connectivity index (χ0) is 16.8. The van der Waals surface area contributed by atoms with Crippen molar-refractivity contribution in [2.24, 2.45) is 11.8 Å². The monoisotopic (exact) mass is 394 g/mol. The smallest absolute Gasteiger partial charge is 0.343 e. The maximum absolute atomic E-state index is 13.0. The van der Waals surface area contributed by atoms with Crippen LogP contribution in [-0.2, 0) is 6.54 Å². The van der Waals surface area contributed by atoms with Gasteiger partial charge in [0.25, 0.3) is 5.91 Å². The van der Waals surface area contributed by atoms with E-state index in [-0.39, 0.29) is 17.6 Å². The summed E-state index contributed by atoms with van der Waals surface area (Å²) < 4.78 is 7.29. The Kier molecular flexibility index (Phi) is 3.86. The third kappa shape index (κ3) is 2.44. The van der Waals surface area contributed by atoms with E-state index in [9.17, 15) is 9.59 Å². The van der Waals surface area contributed by atoms with Crippen LogP contribution in [0, 0.1) is 11.8 Å². The van der Waals surface area contributed by atoms with Crippen molar-refractivity contribution >= 4 is 21.8 Å². The number of carbonyl (C=O) groups is 1. The van der Waals surface area contributed by atoms with Crippen LogP contribution in [0.2, 0.25) is 0 Å². The molecule has 1 saturated carbocycles. The van der Waals surface area contributed by atoms with Crippen molar-refractivity contribution in [2.45, 2.75) is 38.8 Å². The summed E-state index contributed by atoms with van der Waals surface area (Å²) in [5.74, 6) is 1.57. The molecule has 3 heterocycles. The predicted octanol–water partition coefficient (Wildman–Crippen LogP) is 2.56. The number of likely N-dealkylation sites (tertiary alicyclic amines) is 1. The van der Waals surface area contributed by atoms with E-state index >= 15 is 0 Å². The van der Waals surface area contributed by atoms with Crippen LogP contribution in [0.1, 0.15) is 48.4 Å². The molecule has 1 aliphatic heterocycles. The Labute approximate surface area is 147 Å². The van der Waals surface area contributed by atoms with Gasteiger partial charge in [-0.15, -0.1) is 0 Å². The molecule has 0 radical (unpaired) electrons. The summed E-state index contributed by atoms with van der Waals surface area (Å²) in [5.41, 5.74) is 0.295. The Morgan fingerprint density at radius 3 is 2.88 bits per heavy atom. The quantitative estimate of drug-likeness (QED) is 0.863. The Morgan fingerprint density at radius 1 is 1.46 bits per heavy atom. The summed E-state index contributed by atoms with van der Waals surface area (Å²) >= 11 is 3.29. The first-order valence-corrected chi connectivity index (χ1v) is 9.10. The maximum Gasteiger partial charge on any atom is 0.343 e. The fraction of sp³-hybridized carbons (Fsp3) is 0.562. The molecule has 0 spiro atoms. The Hall–Kier alpha value is -1.83. The van der Waals surface area contributed by atoms with Crippen LogP contribution >= 0.6 is 15.9 Å². The standard InChI is InChI=1S/C16H19BrN4O3/c1-2-20-14(18-19-16(20)23)12-10(9-3-4-9)5-7-21(12)15(22)11-6-8-24-13(11)17/h6,8-10,12H,2-5,7H2,1H3,(H,19,23). The largest absolute Gasteiger partial charge is 0.457 e. The zero-order valence-electron chi connectivity index (χ0n) is 13.4. The van der Waals surface area contributed by atoms with Crippen LogP contribution in [0.5, 0.6) is 0 Å². The molecular weight excluding hydrogens is 376 g/mol. The van der Waals surface area contributed by atoms with E-state index in [1.807, 2.05) is 11.8 Å². The molecule has 2 fully saturated rings. The van der Waals surface area contributed by atoms with Crippen molar-refractivity contribution < 1.29 is 9.21 Å². The fourth-order valence-electron chi connectivity index (χ4n) is 3.85. The number of H-pyrrole nitrogens is 1. The van der Waals surface area contributed by atoms with Crippen molar-refractivity contribution in [2.75, 3.05) is 6.54 Å². The molecular formula is C16H19BrN4O3. The molecule has 0 bridgehead atoms. The van der Waals surface area contributed by atoms with E-state index in [0.717, 1.165) is 6.42 Å². The number of hydrogen-bond donors (Lipinski definition) is 1. The summed E-state index contributed by atoms with van der Waals surface area (Å²) in [6, 6.07) is 1.51. The molecule has 0 aromatic carbocycles. The Balaban J connectivity index is 1.74. The van der Waals surface area contributed by atoms with Gasteiger partial charge in [-0.3, -0.25) is 9.36 Å². The number of amides is 1. The second-order valence-electron chi connectivity index (χ2n) is 6.47. The maximum atomic E-state index is 13.0. The van der Waals surface area contributed by atoms with Crippen LogP contribution in [0.15, 0.2) is 26.2 Å². The number of aromatic nitrogens is 3. The van der Waals surface area contributed by atoms with Crippen molar-refractivity contribution in [3.05, 3.63) is 38.9 Å². The van der Waals surface area contributed by atoms with E-state index in [1.165, 1.54) is 19.1 Å². The Morgan fingerprint density at radius 2 is 2.25 bits per heavy atom. The first-order valence-electron chi connectivity index (χ1n) is 8.30. The molecule has 2 aliphatic rings. The van der Waals surface area contributed by atoms with Crippen molar-refractivity contribution in [1.29, 1.82) is 0 Å². The SMILES string of the molecule is CCn1c(C2C(C3CC3)CCN2C(=O)c2ccoc2Br)n[nH]c1=O. The number of furan rings is 1. The van der Waals surface area contributed by atoms with Gasteiger partial charge in [0, 0.05) is 13.1 Å². The minimum atomic E-state index is -0.217. The number of carbonyl (C=O) groups excluding carboxylic acids is 1. The van der Waals surface area contributed by atoms with E-state index in [4.69, 9.17) is 4.42 Å². The van der Waals surface area contributed by atoms with E-state index in [0.29, 0.717) is 41.0 Å². The average molecular weight is 395 g/mol. The summed E-state index contributed by atoms with van der Waals surface area (Å²) in [5, 5.41) is 6.80. The predicted molar refractivity (Wildman–Crippen MR) is 89.5 cm³/mol. The highest BCUT2D eigenvalue weighted by Gasteiger charge is 2.48. The fourth-order valence-corrected chi connectivity index (χ4v) is 4.26. The van der Waals surface area contributed by atoms with Crippen molar-refractivity contribution in [3.8, 4) is 0 Å². The molecule has 1 N–H and O–H groups in total. The molecule has 1 saturated heterocycles. The molecule has 2 atom stereocenters. The normalized spacial score (nSPS) is 23.8. The number of nitrogens with zero attached hydrogens (tertiary/aromatic N) is 3. The van der Waals surface area contributed by atoms with Crippen LogP contribution in [-0.4, -0.2) is 32.1 Å². The molecule has 2 aromatic rings. The number of halogens is 1. The van der Waals surface area contributed by atoms with Gasteiger partial charge >= 0.3 is 5.69 Å². The van der Waals surface area contributed by atoms with Gasteiger partial charge in [-0.1, -0.05) is 0 Å². The molecule has 4 rings (SSSR count). The minimum absolute atomic E-state index is 0.0816. The van der Waals surface area contributed by atoms with Gasteiger partial charge in [-0.25, -0.2) is 9.89 Å². The van der Waals surface area contributed by atoms with Gasteiger partial charge in [0.2, 0.25) is 0 Å². The summed E-state index contributed by atoms with van der Waals surface area (Å²) in [6.07, 6.45) is 4.83. The number of nitrogens with one attached hydrogen (secondary N) is 1. The topological polar surface area (TPSA) is 84.1 Å². The van der Waals surface area contributed by atoms with Crippen molar-refractivity contribution in [1.82, 2.24) is 19.7 Å². The van der Waals surface area contributed by atoms with Crippen LogP contribution < -0.4 is 5.69 Å².